The molecule has 1 saturated carbocycles. The molecule has 0 radical (unpaired) electrons. The van der Waals surface area contributed by atoms with Crippen LogP contribution in [0.2, 0.25) is 0 Å². The van der Waals surface area contributed by atoms with Gasteiger partial charge < -0.3 is 20.4 Å². The van der Waals surface area contributed by atoms with Gasteiger partial charge in [-0.25, -0.2) is 0 Å². The number of hydrogen-bond donors (Lipinski definition) is 4. The molecule has 1 fully saturated rings. The average molecular weight is 162 g/mol. The lowest BCUT2D eigenvalue weighted by molar-refractivity contribution is -0.0947. The smallest absolute Gasteiger partial charge is 0.108 e. The monoisotopic (exact) mass is 162 g/mol. The summed E-state index contributed by atoms with van der Waals surface area (Å²) in [7, 11) is 0. The van der Waals surface area contributed by atoms with Crippen LogP contribution in [0.25, 0.3) is 0 Å². The molecular weight excluding hydrogens is 148 g/mol. The molecule has 1 aliphatic rings. The van der Waals surface area contributed by atoms with Gasteiger partial charge in [0.2, 0.25) is 0 Å². The van der Waals surface area contributed by atoms with Crippen molar-refractivity contribution in [2.45, 2.75) is 43.7 Å². The molecule has 0 aromatic carbocycles. The van der Waals surface area contributed by atoms with Gasteiger partial charge in [-0.05, 0) is 19.3 Å². The highest BCUT2D eigenvalue weighted by molar-refractivity contribution is 4.84. The maximum Gasteiger partial charge on any atom is 0.108 e. The van der Waals surface area contributed by atoms with E-state index in [2.05, 4.69) is 0 Å². The molecule has 11 heavy (non-hydrogen) atoms. The number of aliphatic hydroxyl groups is 4. The van der Waals surface area contributed by atoms with Crippen LogP contribution in [0.15, 0.2) is 0 Å². The third-order valence-electron chi connectivity index (χ3n) is 2.14. The van der Waals surface area contributed by atoms with Crippen molar-refractivity contribution in [1.29, 1.82) is 0 Å². The first kappa shape index (κ1) is 8.93. The van der Waals surface area contributed by atoms with E-state index in [0.29, 0.717) is 19.3 Å². The third kappa shape index (κ3) is 1.90. The highest BCUT2D eigenvalue weighted by Gasteiger charge is 2.32. The van der Waals surface area contributed by atoms with Crippen LogP contribution >= 0.6 is 0 Å². The number of rotatable bonds is 0. The molecule has 0 spiro atoms. The van der Waals surface area contributed by atoms with E-state index in [-0.39, 0.29) is 0 Å². The molecule has 4 N–H and O–H groups in total. The first-order valence-corrected chi connectivity index (χ1v) is 3.85. The van der Waals surface area contributed by atoms with Crippen LogP contribution in [0.5, 0.6) is 0 Å². The van der Waals surface area contributed by atoms with Gasteiger partial charge in [0.25, 0.3) is 0 Å². The maximum atomic E-state index is 9.14. The van der Waals surface area contributed by atoms with Crippen molar-refractivity contribution in [3.05, 3.63) is 0 Å². The third-order valence-corrected chi connectivity index (χ3v) is 2.14. The molecule has 0 heterocycles. The zero-order chi connectivity index (χ0) is 8.43. The second kappa shape index (κ2) is 3.49. The van der Waals surface area contributed by atoms with E-state index in [0.717, 1.165) is 0 Å². The van der Waals surface area contributed by atoms with Gasteiger partial charge in [0.1, 0.15) is 12.2 Å². The Bertz CT molecular complexity index is 114. The molecule has 4 atom stereocenters. The van der Waals surface area contributed by atoms with Crippen LogP contribution in [0, 0.1) is 0 Å². The molecule has 0 aliphatic heterocycles. The summed E-state index contributed by atoms with van der Waals surface area (Å²) in [6.07, 6.45) is -2.69. The quantitative estimate of drug-likeness (QED) is 0.331. The lowest BCUT2D eigenvalue weighted by Crippen LogP contribution is -2.41. The maximum absolute atomic E-state index is 9.14. The van der Waals surface area contributed by atoms with E-state index in [4.69, 9.17) is 20.4 Å². The van der Waals surface area contributed by atoms with Crippen molar-refractivity contribution in [2.24, 2.45) is 0 Å². The Morgan fingerprint density at radius 1 is 0.727 bits per heavy atom. The fourth-order valence-corrected chi connectivity index (χ4v) is 1.33. The van der Waals surface area contributed by atoms with Gasteiger partial charge in [0, 0.05) is 0 Å². The molecule has 0 bridgehead atoms. The van der Waals surface area contributed by atoms with E-state index < -0.39 is 24.4 Å². The first-order valence-electron chi connectivity index (χ1n) is 3.85. The fraction of sp³-hybridized carbons (Fsp3) is 1.00. The van der Waals surface area contributed by atoms with Crippen molar-refractivity contribution < 1.29 is 20.4 Å². The molecule has 0 aromatic heterocycles. The molecule has 0 saturated heterocycles. The Balaban J connectivity index is 2.58. The number of hydrogen-bond acceptors (Lipinski definition) is 4. The van der Waals surface area contributed by atoms with Gasteiger partial charge >= 0.3 is 0 Å². The Morgan fingerprint density at radius 2 is 1.09 bits per heavy atom. The predicted octanol–water partition coefficient (Wildman–Crippen LogP) is -1.39. The molecular formula is C7H14O4. The standard InChI is InChI=1S/C7H14O4/c8-4-2-1-3-5(9)7(11)6(4)10/h4-11H,1-3H2. The van der Waals surface area contributed by atoms with Gasteiger partial charge in [-0.3, -0.25) is 0 Å². The van der Waals surface area contributed by atoms with Crippen LogP contribution in [0.3, 0.4) is 0 Å². The molecule has 1 rings (SSSR count). The Kier molecular flexibility index (Phi) is 2.84. The molecule has 4 heteroatoms. The molecule has 0 amide bonds. The average Bonchev–Trinajstić information content (AvgIpc) is 2.07. The van der Waals surface area contributed by atoms with Crippen LogP contribution in [-0.2, 0) is 0 Å². The largest absolute Gasteiger partial charge is 0.390 e. The Labute approximate surface area is 65.1 Å². The second-order valence-electron chi connectivity index (χ2n) is 3.05. The van der Waals surface area contributed by atoms with Crippen molar-refractivity contribution in [2.75, 3.05) is 0 Å². The molecule has 4 unspecified atom stereocenters. The Hall–Kier alpha value is -0.160. The van der Waals surface area contributed by atoms with Crippen LogP contribution in [-0.4, -0.2) is 44.8 Å². The van der Waals surface area contributed by atoms with Crippen molar-refractivity contribution >= 4 is 0 Å². The van der Waals surface area contributed by atoms with Gasteiger partial charge in [0.15, 0.2) is 0 Å². The van der Waals surface area contributed by atoms with E-state index in [1.807, 2.05) is 0 Å². The highest BCUT2D eigenvalue weighted by atomic mass is 16.4. The summed E-state index contributed by atoms with van der Waals surface area (Å²) in [5.74, 6) is 0. The fourth-order valence-electron chi connectivity index (χ4n) is 1.33. The topological polar surface area (TPSA) is 80.9 Å². The lowest BCUT2D eigenvalue weighted by Gasteiger charge is -2.21. The predicted molar refractivity (Wildman–Crippen MR) is 37.9 cm³/mol. The van der Waals surface area contributed by atoms with Crippen LogP contribution in [0.4, 0.5) is 0 Å². The minimum absolute atomic E-state index is 0.440. The highest BCUT2D eigenvalue weighted by Crippen LogP contribution is 2.18. The van der Waals surface area contributed by atoms with Crippen LogP contribution < -0.4 is 0 Å². The molecule has 4 nitrogen and oxygen atoms in total. The minimum Gasteiger partial charge on any atom is -0.390 e. The summed E-state index contributed by atoms with van der Waals surface area (Å²) in [4.78, 5) is 0. The Morgan fingerprint density at radius 3 is 1.45 bits per heavy atom. The number of aliphatic hydroxyl groups excluding tert-OH is 4. The SMILES string of the molecule is OC1CCCC(O)C(O)C1O. The van der Waals surface area contributed by atoms with Gasteiger partial charge in [0.05, 0.1) is 12.2 Å². The summed E-state index contributed by atoms with van der Waals surface area (Å²) in [5, 5.41) is 36.5. The molecule has 66 valence electrons. The summed E-state index contributed by atoms with van der Waals surface area (Å²) >= 11 is 0. The summed E-state index contributed by atoms with van der Waals surface area (Å²) in [6, 6.07) is 0. The zero-order valence-electron chi connectivity index (χ0n) is 6.22. The van der Waals surface area contributed by atoms with E-state index in [9.17, 15) is 0 Å². The lowest BCUT2D eigenvalue weighted by atomic mass is 10.1. The summed E-state index contributed by atoms with van der Waals surface area (Å²) in [6.45, 7) is 0. The van der Waals surface area contributed by atoms with E-state index in [1.165, 1.54) is 0 Å². The summed E-state index contributed by atoms with van der Waals surface area (Å²) in [5.41, 5.74) is 0. The summed E-state index contributed by atoms with van der Waals surface area (Å²) < 4.78 is 0. The first-order chi connectivity index (χ1) is 5.13. The molecule has 1 aliphatic carbocycles. The van der Waals surface area contributed by atoms with Crippen molar-refractivity contribution in [1.82, 2.24) is 0 Å². The second-order valence-corrected chi connectivity index (χ2v) is 3.05. The van der Waals surface area contributed by atoms with E-state index >= 15 is 0 Å². The zero-order valence-corrected chi connectivity index (χ0v) is 6.22. The normalized spacial score (nSPS) is 46.9. The van der Waals surface area contributed by atoms with Crippen molar-refractivity contribution in [3.63, 3.8) is 0 Å². The minimum atomic E-state index is -1.20. The van der Waals surface area contributed by atoms with Crippen LogP contribution in [0.1, 0.15) is 19.3 Å². The van der Waals surface area contributed by atoms with Gasteiger partial charge in [-0.1, -0.05) is 0 Å². The van der Waals surface area contributed by atoms with E-state index in [1.54, 1.807) is 0 Å². The van der Waals surface area contributed by atoms with Gasteiger partial charge in [-0.15, -0.1) is 0 Å². The van der Waals surface area contributed by atoms with Crippen molar-refractivity contribution in [3.8, 4) is 0 Å². The molecule has 0 aromatic rings. The van der Waals surface area contributed by atoms with Gasteiger partial charge in [-0.2, -0.15) is 0 Å².